The maximum Gasteiger partial charge on any atom is 0.365 e. The zero-order valence-electron chi connectivity index (χ0n) is 17.8. The Bertz CT molecular complexity index is 1420. The number of rotatable bonds is 3. The molecule has 7 rings (SSSR count). The van der Waals surface area contributed by atoms with Crippen LogP contribution < -0.4 is 4.90 Å². The number of carbonyl (C=O) groups is 1. The normalized spacial score (nSPS) is 23.7. The molecular formula is C25H21N5O3. The minimum absolute atomic E-state index is 0.328. The minimum Gasteiger partial charge on any atom is -0.471 e. The standard InChI is InChI=1S/C25H21N5O3/c31-24-22(26-23(33-24)18-5-3-4-15-13-32-14-19(15)18)12-29-8-16-10-30(11-17(16)9-29)25-27-20-6-1-2-7-21(20)28-25/h1-7,12-14,16-17H,8-11H2,(H,27,28). The van der Waals surface area contributed by atoms with Crippen LogP contribution in [0.4, 0.5) is 5.95 Å². The molecule has 0 bridgehead atoms. The number of carbonyl (C=O) groups excluding carboxylic acids is 1. The smallest absolute Gasteiger partial charge is 0.365 e. The van der Waals surface area contributed by atoms with Crippen LogP contribution in [0.5, 0.6) is 0 Å². The lowest BCUT2D eigenvalue weighted by Crippen LogP contribution is -2.27. The first-order chi connectivity index (χ1) is 16.2. The molecule has 8 heteroatoms. The third-order valence-corrected chi connectivity index (χ3v) is 6.87. The molecule has 2 atom stereocenters. The van der Waals surface area contributed by atoms with E-state index in [1.807, 2.05) is 42.6 Å². The van der Waals surface area contributed by atoms with Crippen molar-refractivity contribution < 1.29 is 13.9 Å². The van der Waals surface area contributed by atoms with Gasteiger partial charge in [-0.2, -0.15) is 0 Å². The minimum atomic E-state index is -0.411. The van der Waals surface area contributed by atoms with E-state index in [0.29, 0.717) is 23.4 Å². The summed E-state index contributed by atoms with van der Waals surface area (Å²) < 4.78 is 10.8. The quantitative estimate of drug-likeness (QED) is 0.388. The summed E-state index contributed by atoms with van der Waals surface area (Å²) in [6.07, 6.45) is 5.18. The van der Waals surface area contributed by atoms with E-state index < -0.39 is 5.97 Å². The van der Waals surface area contributed by atoms with Gasteiger partial charge in [0.1, 0.15) is 0 Å². The first kappa shape index (κ1) is 18.5. The number of fused-ring (bicyclic) bond motifs is 3. The van der Waals surface area contributed by atoms with E-state index in [2.05, 4.69) is 25.8 Å². The number of ether oxygens (including phenoxy) is 1. The first-order valence-electron chi connectivity index (χ1n) is 11.1. The number of hydrogen-bond donors (Lipinski definition) is 1. The topological polar surface area (TPSA) is 87.0 Å². The van der Waals surface area contributed by atoms with E-state index in [9.17, 15) is 4.79 Å². The molecule has 2 saturated heterocycles. The van der Waals surface area contributed by atoms with Crippen molar-refractivity contribution in [3.8, 4) is 0 Å². The third kappa shape index (κ3) is 3.01. The van der Waals surface area contributed by atoms with Crippen LogP contribution in [0.15, 0.2) is 76.3 Å². The van der Waals surface area contributed by atoms with Crippen molar-refractivity contribution in [2.45, 2.75) is 0 Å². The van der Waals surface area contributed by atoms with Gasteiger partial charge in [0, 0.05) is 60.6 Å². The monoisotopic (exact) mass is 439 g/mol. The highest BCUT2D eigenvalue weighted by Crippen LogP contribution is 2.34. The lowest BCUT2D eigenvalue weighted by molar-refractivity contribution is -0.130. The SMILES string of the molecule is O=C1OC(c2cccc3cocc23)=NC1=CN1CC2CN(c3nc4ccccc4[nH]3)CC2C1. The molecule has 3 aliphatic rings. The third-order valence-electron chi connectivity index (χ3n) is 6.87. The van der Waals surface area contributed by atoms with E-state index in [1.54, 1.807) is 12.5 Å². The molecule has 0 amide bonds. The molecule has 2 unspecified atom stereocenters. The number of aliphatic imine (C=N–C) groups is 1. The molecule has 2 fully saturated rings. The van der Waals surface area contributed by atoms with Gasteiger partial charge in [-0.05, 0) is 18.2 Å². The molecular weight excluding hydrogens is 418 g/mol. The average molecular weight is 439 g/mol. The van der Waals surface area contributed by atoms with E-state index in [4.69, 9.17) is 14.1 Å². The molecule has 8 nitrogen and oxygen atoms in total. The highest BCUT2D eigenvalue weighted by Gasteiger charge is 2.40. The number of hydrogen-bond acceptors (Lipinski definition) is 7. The van der Waals surface area contributed by atoms with Crippen LogP contribution in [-0.4, -0.2) is 52.9 Å². The Labute approximate surface area is 189 Å². The fourth-order valence-electron chi connectivity index (χ4n) is 5.26. The van der Waals surface area contributed by atoms with Gasteiger partial charge in [0.2, 0.25) is 11.8 Å². The van der Waals surface area contributed by atoms with E-state index in [0.717, 1.165) is 59.5 Å². The van der Waals surface area contributed by atoms with Crippen LogP contribution in [0.2, 0.25) is 0 Å². The van der Waals surface area contributed by atoms with Gasteiger partial charge in [-0.25, -0.2) is 14.8 Å². The number of anilines is 1. The Morgan fingerprint density at radius 3 is 2.70 bits per heavy atom. The van der Waals surface area contributed by atoms with E-state index in [-0.39, 0.29) is 0 Å². The summed E-state index contributed by atoms with van der Waals surface area (Å²) in [6.45, 7) is 3.68. The number of likely N-dealkylation sites (tertiary alicyclic amines) is 1. The maximum absolute atomic E-state index is 12.5. The summed E-state index contributed by atoms with van der Waals surface area (Å²) in [5, 5.41) is 1.83. The van der Waals surface area contributed by atoms with Crippen LogP contribution in [-0.2, 0) is 9.53 Å². The molecule has 4 aromatic rings. The number of imidazole rings is 1. The average Bonchev–Trinajstić information content (AvgIpc) is 3.61. The van der Waals surface area contributed by atoms with Crippen molar-refractivity contribution in [2.24, 2.45) is 16.8 Å². The number of furan rings is 1. The number of nitrogens with zero attached hydrogens (tertiary/aromatic N) is 4. The van der Waals surface area contributed by atoms with Crippen molar-refractivity contribution in [3.05, 3.63) is 72.5 Å². The Morgan fingerprint density at radius 1 is 1.00 bits per heavy atom. The molecule has 1 N–H and O–H groups in total. The van der Waals surface area contributed by atoms with Crippen molar-refractivity contribution in [3.63, 3.8) is 0 Å². The molecule has 0 aliphatic carbocycles. The summed E-state index contributed by atoms with van der Waals surface area (Å²) in [7, 11) is 0. The predicted molar refractivity (Wildman–Crippen MR) is 124 cm³/mol. The van der Waals surface area contributed by atoms with Crippen molar-refractivity contribution in [1.82, 2.24) is 14.9 Å². The van der Waals surface area contributed by atoms with E-state index in [1.165, 1.54) is 0 Å². The zero-order valence-corrected chi connectivity index (χ0v) is 17.8. The molecule has 33 heavy (non-hydrogen) atoms. The molecule has 0 saturated carbocycles. The fraction of sp³-hybridized carbons (Fsp3) is 0.240. The zero-order chi connectivity index (χ0) is 21.9. The molecule has 3 aliphatic heterocycles. The summed E-state index contributed by atoms with van der Waals surface area (Å²) >= 11 is 0. The summed E-state index contributed by atoms with van der Waals surface area (Å²) in [5.41, 5.74) is 3.17. The molecule has 2 aromatic heterocycles. The van der Waals surface area contributed by atoms with Gasteiger partial charge < -0.3 is 23.9 Å². The second-order valence-corrected chi connectivity index (χ2v) is 8.96. The largest absolute Gasteiger partial charge is 0.471 e. The summed E-state index contributed by atoms with van der Waals surface area (Å²) in [4.78, 5) is 29.7. The predicted octanol–water partition coefficient (Wildman–Crippen LogP) is 3.52. The van der Waals surface area contributed by atoms with Crippen molar-refractivity contribution in [1.29, 1.82) is 0 Å². The Kier molecular flexibility index (Phi) is 3.90. The molecule has 5 heterocycles. The van der Waals surface area contributed by atoms with Gasteiger partial charge in [-0.3, -0.25) is 0 Å². The number of aromatic nitrogens is 2. The van der Waals surface area contributed by atoms with Gasteiger partial charge in [0.05, 0.1) is 23.6 Å². The highest BCUT2D eigenvalue weighted by molar-refractivity contribution is 6.16. The second-order valence-electron chi connectivity index (χ2n) is 8.96. The Balaban J connectivity index is 1.08. The number of H-pyrrole nitrogens is 1. The number of para-hydroxylation sites is 2. The number of aromatic amines is 1. The van der Waals surface area contributed by atoms with Crippen molar-refractivity contribution in [2.75, 3.05) is 31.1 Å². The summed E-state index contributed by atoms with van der Waals surface area (Å²) in [6, 6.07) is 13.9. The number of cyclic esters (lactones) is 1. The van der Waals surface area contributed by atoms with Gasteiger partial charge in [0.15, 0.2) is 5.70 Å². The van der Waals surface area contributed by atoms with Crippen LogP contribution in [0.3, 0.4) is 0 Å². The summed E-state index contributed by atoms with van der Waals surface area (Å²) in [5.74, 6) is 1.91. The van der Waals surface area contributed by atoms with Gasteiger partial charge in [-0.15, -0.1) is 0 Å². The molecule has 0 radical (unpaired) electrons. The van der Waals surface area contributed by atoms with Crippen molar-refractivity contribution >= 4 is 39.6 Å². The van der Waals surface area contributed by atoms with Crippen LogP contribution >= 0.6 is 0 Å². The molecule has 164 valence electrons. The lowest BCUT2D eigenvalue weighted by atomic mass is 10.0. The first-order valence-corrected chi connectivity index (χ1v) is 11.1. The van der Waals surface area contributed by atoms with E-state index >= 15 is 0 Å². The van der Waals surface area contributed by atoms with Crippen LogP contribution in [0.25, 0.3) is 21.8 Å². The van der Waals surface area contributed by atoms with Gasteiger partial charge >= 0.3 is 5.97 Å². The lowest BCUT2D eigenvalue weighted by Gasteiger charge is -2.20. The molecule has 0 spiro atoms. The van der Waals surface area contributed by atoms with Crippen LogP contribution in [0.1, 0.15) is 5.56 Å². The van der Waals surface area contributed by atoms with Gasteiger partial charge in [-0.1, -0.05) is 24.3 Å². The highest BCUT2D eigenvalue weighted by atomic mass is 16.6. The second kappa shape index (κ2) is 6.96. The Morgan fingerprint density at radius 2 is 1.85 bits per heavy atom. The number of esters is 1. The van der Waals surface area contributed by atoms with Crippen LogP contribution in [0, 0.1) is 11.8 Å². The number of nitrogens with one attached hydrogen (secondary N) is 1. The maximum atomic E-state index is 12.5. The Hall–Kier alpha value is -4.07. The van der Waals surface area contributed by atoms with Gasteiger partial charge in [0.25, 0.3) is 0 Å². The molecule has 2 aromatic carbocycles. The fourth-order valence-corrected chi connectivity index (χ4v) is 5.26. The number of benzene rings is 2.